The predicted molar refractivity (Wildman–Crippen MR) is 57.6 cm³/mol. The fraction of sp³-hybridized carbons (Fsp3) is 0.909. The van der Waals surface area contributed by atoms with Gasteiger partial charge in [0.1, 0.15) is 6.04 Å². The molecule has 0 aliphatic carbocycles. The molecule has 2 aliphatic rings. The molecule has 2 atom stereocenters. The molecule has 4 nitrogen and oxygen atoms in total. The first-order valence-corrected chi connectivity index (χ1v) is 5.88. The molecule has 0 saturated carbocycles. The molecule has 0 aromatic heterocycles. The molecule has 2 rings (SSSR count). The highest BCUT2D eigenvalue weighted by Crippen LogP contribution is 2.21. The standard InChI is InChI=1S/C11H20N2O2/c1-15-11(14)10-9(5-4-6-12-10)13-7-2-3-8-13/h9-10,12H,2-8H2,1H3. The molecule has 86 valence electrons. The smallest absolute Gasteiger partial charge is 0.324 e. The number of carbonyl (C=O) groups excluding carboxylic acids is 1. The molecule has 2 unspecified atom stereocenters. The Balaban J connectivity index is 2.01. The normalized spacial score (nSPS) is 32.9. The van der Waals surface area contributed by atoms with E-state index in [0.29, 0.717) is 6.04 Å². The van der Waals surface area contributed by atoms with E-state index in [0.717, 1.165) is 32.5 Å². The lowest BCUT2D eigenvalue weighted by Gasteiger charge is -2.36. The van der Waals surface area contributed by atoms with E-state index in [1.54, 1.807) is 0 Å². The van der Waals surface area contributed by atoms with Gasteiger partial charge in [0, 0.05) is 6.04 Å². The Morgan fingerprint density at radius 3 is 2.73 bits per heavy atom. The highest BCUT2D eigenvalue weighted by atomic mass is 16.5. The molecular weight excluding hydrogens is 192 g/mol. The van der Waals surface area contributed by atoms with Crippen molar-refractivity contribution in [3.05, 3.63) is 0 Å². The number of hydrogen-bond donors (Lipinski definition) is 1. The van der Waals surface area contributed by atoms with Crippen molar-refractivity contribution in [1.82, 2.24) is 10.2 Å². The maximum atomic E-state index is 11.6. The molecule has 0 bridgehead atoms. The van der Waals surface area contributed by atoms with Crippen LogP contribution in [0.25, 0.3) is 0 Å². The van der Waals surface area contributed by atoms with Crippen LogP contribution < -0.4 is 5.32 Å². The second-order valence-corrected chi connectivity index (χ2v) is 4.41. The van der Waals surface area contributed by atoms with Gasteiger partial charge in [0.05, 0.1) is 7.11 Å². The van der Waals surface area contributed by atoms with Crippen molar-refractivity contribution in [2.45, 2.75) is 37.8 Å². The number of rotatable bonds is 2. The second-order valence-electron chi connectivity index (χ2n) is 4.41. The molecular formula is C11H20N2O2. The van der Waals surface area contributed by atoms with E-state index in [2.05, 4.69) is 10.2 Å². The minimum absolute atomic E-state index is 0.105. The Hall–Kier alpha value is -0.610. The summed E-state index contributed by atoms with van der Waals surface area (Å²) in [7, 11) is 1.47. The summed E-state index contributed by atoms with van der Waals surface area (Å²) in [6.07, 6.45) is 4.82. The predicted octanol–water partition coefficient (Wildman–Crippen LogP) is 0.376. The molecule has 2 aliphatic heterocycles. The molecule has 0 aromatic rings. The zero-order valence-electron chi connectivity index (χ0n) is 9.37. The van der Waals surface area contributed by atoms with Gasteiger partial charge in [-0.2, -0.15) is 0 Å². The zero-order valence-corrected chi connectivity index (χ0v) is 9.37. The van der Waals surface area contributed by atoms with E-state index in [1.807, 2.05) is 0 Å². The Morgan fingerprint density at radius 2 is 2.07 bits per heavy atom. The van der Waals surface area contributed by atoms with Crippen LogP contribution in [0.15, 0.2) is 0 Å². The summed E-state index contributed by atoms with van der Waals surface area (Å²) in [5.41, 5.74) is 0. The van der Waals surface area contributed by atoms with E-state index in [-0.39, 0.29) is 12.0 Å². The van der Waals surface area contributed by atoms with Gasteiger partial charge in [-0.3, -0.25) is 9.69 Å². The Labute approximate surface area is 91.0 Å². The van der Waals surface area contributed by atoms with Gasteiger partial charge in [0.15, 0.2) is 0 Å². The fourth-order valence-electron chi connectivity index (χ4n) is 2.71. The molecule has 0 aromatic carbocycles. The Morgan fingerprint density at radius 1 is 1.33 bits per heavy atom. The monoisotopic (exact) mass is 212 g/mol. The topological polar surface area (TPSA) is 41.6 Å². The van der Waals surface area contributed by atoms with Gasteiger partial charge in [-0.1, -0.05) is 0 Å². The van der Waals surface area contributed by atoms with Crippen LogP contribution in [0.3, 0.4) is 0 Å². The molecule has 4 heteroatoms. The summed E-state index contributed by atoms with van der Waals surface area (Å²) in [6, 6.07) is 0.246. The van der Waals surface area contributed by atoms with E-state index in [9.17, 15) is 4.79 Å². The van der Waals surface area contributed by atoms with Gasteiger partial charge in [-0.25, -0.2) is 0 Å². The van der Waals surface area contributed by atoms with Crippen molar-refractivity contribution in [1.29, 1.82) is 0 Å². The van der Waals surface area contributed by atoms with Gasteiger partial charge < -0.3 is 10.1 Å². The lowest BCUT2D eigenvalue weighted by atomic mass is 9.97. The quantitative estimate of drug-likeness (QED) is 0.672. The number of piperidine rings is 1. The highest BCUT2D eigenvalue weighted by Gasteiger charge is 2.36. The zero-order chi connectivity index (χ0) is 10.7. The average molecular weight is 212 g/mol. The molecule has 2 fully saturated rings. The Bertz CT molecular complexity index is 227. The number of likely N-dealkylation sites (tertiary alicyclic amines) is 1. The number of nitrogens with one attached hydrogen (secondary N) is 1. The largest absolute Gasteiger partial charge is 0.468 e. The van der Waals surface area contributed by atoms with Gasteiger partial charge in [0.25, 0.3) is 0 Å². The number of ether oxygens (including phenoxy) is 1. The van der Waals surface area contributed by atoms with Crippen LogP contribution in [0, 0.1) is 0 Å². The molecule has 0 amide bonds. The third kappa shape index (κ3) is 2.32. The summed E-state index contributed by atoms with van der Waals surface area (Å²) in [5.74, 6) is -0.105. The SMILES string of the molecule is COC(=O)C1NCCCC1N1CCCC1. The molecule has 1 N–H and O–H groups in total. The molecule has 0 spiro atoms. The molecule has 0 radical (unpaired) electrons. The van der Waals surface area contributed by atoms with Crippen LogP contribution >= 0.6 is 0 Å². The van der Waals surface area contributed by atoms with Crippen molar-refractivity contribution in [2.24, 2.45) is 0 Å². The van der Waals surface area contributed by atoms with Crippen molar-refractivity contribution < 1.29 is 9.53 Å². The minimum Gasteiger partial charge on any atom is -0.468 e. The van der Waals surface area contributed by atoms with Crippen molar-refractivity contribution in [2.75, 3.05) is 26.7 Å². The van der Waals surface area contributed by atoms with Crippen molar-refractivity contribution in [3.63, 3.8) is 0 Å². The minimum atomic E-state index is -0.109. The van der Waals surface area contributed by atoms with Crippen LogP contribution in [-0.4, -0.2) is 49.7 Å². The summed E-state index contributed by atoms with van der Waals surface area (Å²) >= 11 is 0. The maximum absolute atomic E-state index is 11.6. The number of hydrogen-bond acceptors (Lipinski definition) is 4. The van der Waals surface area contributed by atoms with E-state index >= 15 is 0 Å². The third-order valence-corrected chi connectivity index (χ3v) is 3.49. The molecule has 2 saturated heterocycles. The van der Waals surface area contributed by atoms with Crippen LogP contribution in [0.4, 0.5) is 0 Å². The first-order valence-electron chi connectivity index (χ1n) is 5.88. The summed E-state index contributed by atoms with van der Waals surface area (Å²) in [5, 5.41) is 3.28. The van der Waals surface area contributed by atoms with E-state index in [4.69, 9.17) is 4.74 Å². The first-order chi connectivity index (χ1) is 7.33. The highest BCUT2D eigenvalue weighted by molar-refractivity contribution is 5.76. The second kappa shape index (κ2) is 4.94. The van der Waals surface area contributed by atoms with Crippen LogP contribution in [-0.2, 0) is 9.53 Å². The van der Waals surface area contributed by atoms with Crippen molar-refractivity contribution in [3.8, 4) is 0 Å². The Kier molecular flexibility index (Phi) is 3.59. The van der Waals surface area contributed by atoms with Gasteiger partial charge >= 0.3 is 5.97 Å². The van der Waals surface area contributed by atoms with Crippen molar-refractivity contribution >= 4 is 5.97 Å². The van der Waals surface area contributed by atoms with E-state index < -0.39 is 0 Å². The number of carbonyl (C=O) groups is 1. The van der Waals surface area contributed by atoms with Crippen LogP contribution in [0.5, 0.6) is 0 Å². The average Bonchev–Trinajstić information content (AvgIpc) is 2.81. The maximum Gasteiger partial charge on any atom is 0.324 e. The number of methoxy groups -OCH3 is 1. The third-order valence-electron chi connectivity index (χ3n) is 3.49. The van der Waals surface area contributed by atoms with Crippen LogP contribution in [0.2, 0.25) is 0 Å². The van der Waals surface area contributed by atoms with Crippen LogP contribution in [0.1, 0.15) is 25.7 Å². The number of esters is 1. The summed E-state index contributed by atoms with van der Waals surface area (Å²) < 4.78 is 4.85. The molecule has 15 heavy (non-hydrogen) atoms. The fourth-order valence-corrected chi connectivity index (χ4v) is 2.71. The van der Waals surface area contributed by atoms with Gasteiger partial charge in [-0.05, 0) is 45.3 Å². The van der Waals surface area contributed by atoms with Gasteiger partial charge in [-0.15, -0.1) is 0 Å². The summed E-state index contributed by atoms with van der Waals surface area (Å²) in [6.45, 7) is 3.21. The lowest BCUT2D eigenvalue weighted by molar-refractivity contribution is -0.145. The van der Waals surface area contributed by atoms with E-state index in [1.165, 1.54) is 20.0 Å². The summed E-state index contributed by atoms with van der Waals surface area (Å²) in [4.78, 5) is 14.1. The first kappa shape index (κ1) is 10.9. The molecule has 2 heterocycles. The number of nitrogens with zero attached hydrogens (tertiary/aromatic N) is 1. The van der Waals surface area contributed by atoms with Gasteiger partial charge in [0.2, 0.25) is 0 Å². The lowest BCUT2D eigenvalue weighted by Crippen LogP contribution is -2.56.